The third kappa shape index (κ3) is 4.50. The standard InChI is InChI=1S/C25H20F3N3O3/c1-3-34-24(33)20-14-29-31(23(20)25(26,27)28)22-6-4-5-21(30-22)19-13-15(2)7-12-18(19)16-8-10-17(32)11-9-16/h4-14,32H,3H2,1-2H3. The zero-order valence-electron chi connectivity index (χ0n) is 18.3. The van der Waals surface area contributed by atoms with E-state index in [4.69, 9.17) is 4.74 Å². The number of carbonyl (C=O) groups is 1. The molecular weight excluding hydrogens is 447 g/mol. The summed E-state index contributed by atoms with van der Waals surface area (Å²) in [6.45, 7) is 3.34. The third-order valence-electron chi connectivity index (χ3n) is 5.11. The van der Waals surface area contributed by atoms with Gasteiger partial charge in [-0.25, -0.2) is 14.5 Å². The predicted molar refractivity (Wildman–Crippen MR) is 120 cm³/mol. The van der Waals surface area contributed by atoms with E-state index in [0.717, 1.165) is 22.9 Å². The summed E-state index contributed by atoms with van der Waals surface area (Å²) in [5, 5.41) is 13.4. The summed E-state index contributed by atoms with van der Waals surface area (Å²) in [5.74, 6) is -1.09. The monoisotopic (exact) mass is 467 g/mol. The molecule has 9 heteroatoms. The van der Waals surface area contributed by atoms with Crippen molar-refractivity contribution < 1.29 is 27.8 Å². The van der Waals surface area contributed by atoms with E-state index in [1.165, 1.54) is 13.0 Å². The molecule has 174 valence electrons. The third-order valence-corrected chi connectivity index (χ3v) is 5.11. The Labute approximate surface area is 193 Å². The predicted octanol–water partition coefficient (Wildman–Crippen LogP) is 5.81. The minimum Gasteiger partial charge on any atom is -0.508 e. The number of halogens is 3. The Balaban J connectivity index is 1.86. The van der Waals surface area contributed by atoms with E-state index in [1.807, 2.05) is 25.1 Å². The number of ether oxygens (including phenoxy) is 1. The quantitative estimate of drug-likeness (QED) is 0.375. The molecule has 0 fully saturated rings. The van der Waals surface area contributed by atoms with Gasteiger partial charge in [0.25, 0.3) is 0 Å². The number of aromatic nitrogens is 3. The number of hydrogen-bond acceptors (Lipinski definition) is 5. The van der Waals surface area contributed by atoms with Crippen LogP contribution in [-0.4, -0.2) is 32.4 Å². The molecule has 0 amide bonds. The van der Waals surface area contributed by atoms with Gasteiger partial charge in [0.15, 0.2) is 11.5 Å². The highest BCUT2D eigenvalue weighted by atomic mass is 19.4. The van der Waals surface area contributed by atoms with Crippen LogP contribution >= 0.6 is 0 Å². The molecule has 2 aromatic carbocycles. The SMILES string of the molecule is CCOC(=O)c1cnn(-c2cccc(-c3cc(C)ccc3-c3ccc(O)cc3)n2)c1C(F)(F)F. The molecule has 34 heavy (non-hydrogen) atoms. The minimum absolute atomic E-state index is 0.0670. The number of carbonyl (C=O) groups excluding carboxylic acids is 1. The lowest BCUT2D eigenvalue weighted by molar-refractivity contribution is -0.143. The molecule has 6 nitrogen and oxygen atoms in total. The van der Waals surface area contributed by atoms with Gasteiger partial charge in [-0.05, 0) is 55.3 Å². The van der Waals surface area contributed by atoms with E-state index in [-0.39, 0.29) is 18.2 Å². The normalized spacial score (nSPS) is 11.4. The van der Waals surface area contributed by atoms with Crippen molar-refractivity contribution in [3.05, 3.63) is 83.7 Å². The Morgan fingerprint density at radius 2 is 1.79 bits per heavy atom. The fraction of sp³-hybridized carbons (Fsp3) is 0.160. The van der Waals surface area contributed by atoms with Crippen LogP contribution in [0.2, 0.25) is 0 Å². The van der Waals surface area contributed by atoms with Crippen molar-refractivity contribution in [2.45, 2.75) is 20.0 Å². The molecule has 0 saturated heterocycles. The molecule has 0 aliphatic carbocycles. The Morgan fingerprint density at radius 3 is 2.47 bits per heavy atom. The Kier molecular flexibility index (Phi) is 6.10. The van der Waals surface area contributed by atoms with Gasteiger partial charge in [-0.2, -0.15) is 18.3 Å². The summed E-state index contributed by atoms with van der Waals surface area (Å²) < 4.78 is 47.1. The van der Waals surface area contributed by atoms with Crippen LogP contribution in [-0.2, 0) is 10.9 Å². The van der Waals surface area contributed by atoms with E-state index >= 15 is 0 Å². The molecule has 0 radical (unpaired) electrons. The molecule has 1 N–H and O–H groups in total. The zero-order valence-corrected chi connectivity index (χ0v) is 18.3. The molecule has 0 aliphatic heterocycles. The summed E-state index contributed by atoms with van der Waals surface area (Å²) in [6.07, 6.45) is -4.03. The van der Waals surface area contributed by atoms with Crippen LogP contribution in [0.4, 0.5) is 13.2 Å². The molecule has 0 saturated carbocycles. The average molecular weight is 467 g/mol. The number of phenols is 1. The van der Waals surface area contributed by atoms with Gasteiger partial charge in [0, 0.05) is 5.56 Å². The molecule has 0 bridgehead atoms. The van der Waals surface area contributed by atoms with Crippen LogP contribution in [0, 0.1) is 6.92 Å². The Bertz CT molecular complexity index is 1350. The van der Waals surface area contributed by atoms with Crippen molar-refractivity contribution in [1.82, 2.24) is 14.8 Å². The first-order valence-corrected chi connectivity index (χ1v) is 10.4. The Morgan fingerprint density at radius 1 is 1.06 bits per heavy atom. The summed E-state index contributed by atoms with van der Waals surface area (Å²) in [5.41, 5.74) is 1.72. The van der Waals surface area contributed by atoms with Crippen molar-refractivity contribution >= 4 is 5.97 Å². The van der Waals surface area contributed by atoms with Crippen LogP contribution in [0.15, 0.2) is 66.9 Å². The number of benzene rings is 2. The molecule has 0 aliphatic rings. The zero-order chi connectivity index (χ0) is 24.5. The van der Waals surface area contributed by atoms with E-state index in [0.29, 0.717) is 15.9 Å². The second-order valence-corrected chi connectivity index (χ2v) is 7.51. The molecule has 2 heterocycles. The van der Waals surface area contributed by atoms with Gasteiger partial charge in [0.1, 0.15) is 11.3 Å². The fourth-order valence-corrected chi connectivity index (χ4v) is 3.61. The number of esters is 1. The van der Waals surface area contributed by atoms with Crippen LogP contribution < -0.4 is 0 Å². The van der Waals surface area contributed by atoms with Gasteiger partial charge in [0.2, 0.25) is 0 Å². The van der Waals surface area contributed by atoms with Crippen molar-refractivity contribution in [2.24, 2.45) is 0 Å². The summed E-state index contributed by atoms with van der Waals surface area (Å²) in [6, 6.07) is 16.9. The minimum atomic E-state index is -4.86. The van der Waals surface area contributed by atoms with Crippen molar-refractivity contribution in [1.29, 1.82) is 0 Å². The van der Waals surface area contributed by atoms with E-state index in [1.54, 1.807) is 36.4 Å². The number of aryl methyl sites for hydroxylation is 1. The highest BCUT2D eigenvalue weighted by Crippen LogP contribution is 2.36. The van der Waals surface area contributed by atoms with Crippen LogP contribution in [0.3, 0.4) is 0 Å². The lowest BCUT2D eigenvalue weighted by Gasteiger charge is -2.14. The largest absolute Gasteiger partial charge is 0.508 e. The second kappa shape index (κ2) is 9.01. The maximum Gasteiger partial charge on any atom is 0.434 e. The van der Waals surface area contributed by atoms with Gasteiger partial charge in [-0.1, -0.05) is 35.9 Å². The van der Waals surface area contributed by atoms with Crippen LogP contribution in [0.25, 0.3) is 28.2 Å². The van der Waals surface area contributed by atoms with Gasteiger partial charge in [-0.3, -0.25) is 0 Å². The average Bonchev–Trinajstić information content (AvgIpc) is 3.26. The van der Waals surface area contributed by atoms with E-state index in [9.17, 15) is 23.1 Å². The molecule has 0 atom stereocenters. The molecule has 4 aromatic rings. The number of alkyl halides is 3. The summed E-state index contributed by atoms with van der Waals surface area (Å²) >= 11 is 0. The maximum atomic E-state index is 13.9. The van der Waals surface area contributed by atoms with Gasteiger partial charge in [-0.15, -0.1) is 0 Å². The van der Waals surface area contributed by atoms with Crippen LogP contribution in [0.1, 0.15) is 28.5 Å². The molecule has 0 spiro atoms. The summed E-state index contributed by atoms with van der Waals surface area (Å²) in [4.78, 5) is 16.5. The number of pyridine rings is 1. The van der Waals surface area contributed by atoms with Gasteiger partial charge < -0.3 is 9.84 Å². The van der Waals surface area contributed by atoms with Crippen molar-refractivity contribution in [3.63, 3.8) is 0 Å². The maximum absolute atomic E-state index is 13.9. The first kappa shape index (κ1) is 23.0. The second-order valence-electron chi connectivity index (χ2n) is 7.51. The number of aromatic hydroxyl groups is 1. The number of rotatable bonds is 5. The van der Waals surface area contributed by atoms with E-state index < -0.39 is 23.4 Å². The Hall–Kier alpha value is -4.14. The first-order chi connectivity index (χ1) is 16.2. The lowest BCUT2D eigenvalue weighted by atomic mass is 9.95. The number of nitrogens with zero attached hydrogens (tertiary/aromatic N) is 3. The van der Waals surface area contributed by atoms with E-state index in [2.05, 4.69) is 10.1 Å². The smallest absolute Gasteiger partial charge is 0.434 e. The first-order valence-electron chi connectivity index (χ1n) is 10.4. The highest BCUT2D eigenvalue weighted by Gasteiger charge is 2.41. The number of hydrogen-bond donors (Lipinski definition) is 1. The van der Waals surface area contributed by atoms with Gasteiger partial charge >= 0.3 is 12.1 Å². The van der Waals surface area contributed by atoms with Crippen LogP contribution in [0.5, 0.6) is 5.75 Å². The van der Waals surface area contributed by atoms with Gasteiger partial charge in [0.05, 0.1) is 18.5 Å². The molecule has 0 unspecified atom stereocenters. The highest BCUT2D eigenvalue weighted by molar-refractivity contribution is 5.91. The topological polar surface area (TPSA) is 77.2 Å². The molecule has 4 rings (SSSR count). The fourth-order valence-electron chi connectivity index (χ4n) is 3.61. The van der Waals surface area contributed by atoms with Crippen molar-refractivity contribution in [2.75, 3.05) is 6.61 Å². The molecular formula is C25H20F3N3O3. The summed E-state index contributed by atoms with van der Waals surface area (Å²) in [7, 11) is 0. The van der Waals surface area contributed by atoms with Crippen molar-refractivity contribution in [3.8, 4) is 34.0 Å². The lowest BCUT2D eigenvalue weighted by Crippen LogP contribution is -2.19. The number of phenolic OH excluding ortho intramolecular Hbond substituents is 1. The molecule has 2 aromatic heterocycles.